The first-order chi connectivity index (χ1) is 15.2. The molecule has 168 valence electrons. The number of nitrogens with one attached hydrogen (secondary N) is 1. The number of aromatic nitrogens is 6. The number of H-pyrrole nitrogens is 1. The van der Waals surface area contributed by atoms with E-state index in [1.807, 2.05) is 10.9 Å². The number of hydrogen-bond donors (Lipinski definition) is 1. The van der Waals surface area contributed by atoms with Gasteiger partial charge in [-0.05, 0) is 30.7 Å². The monoisotopic (exact) mass is 444 g/mol. The van der Waals surface area contributed by atoms with Crippen LogP contribution in [-0.2, 0) is 12.3 Å². The third kappa shape index (κ3) is 8.44. The van der Waals surface area contributed by atoms with E-state index >= 15 is 0 Å². The number of benzene rings is 1. The quantitative estimate of drug-likeness (QED) is 0.216. The lowest BCUT2D eigenvalue weighted by Gasteiger charge is -2.02. The summed E-state index contributed by atoms with van der Waals surface area (Å²) in [6.07, 6.45) is 15.3. The molecule has 0 aliphatic carbocycles. The van der Waals surface area contributed by atoms with Crippen molar-refractivity contribution in [1.29, 1.82) is 0 Å². The van der Waals surface area contributed by atoms with Crippen molar-refractivity contribution in [1.82, 2.24) is 30.2 Å². The predicted octanol–water partition coefficient (Wildman–Crippen LogP) is 6.42. The molecule has 0 unspecified atom stereocenters. The van der Waals surface area contributed by atoms with Crippen LogP contribution in [0.15, 0.2) is 35.6 Å². The summed E-state index contributed by atoms with van der Waals surface area (Å²) in [6.45, 7) is 3.18. The molecule has 2 heterocycles. The molecule has 2 aromatic heterocycles. The molecule has 0 atom stereocenters. The molecule has 0 spiro atoms. The van der Waals surface area contributed by atoms with E-state index in [1.165, 1.54) is 81.7 Å². The van der Waals surface area contributed by atoms with Crippen molar-refractivity contribution in [2.45, 2.75) is 88.6 Å². The maximum atomic E-state index is 13.0. The van der Waals surface area contributed by atoms with Gasteiger partial charge in [0.15, 0.2) is 5.82 Å². The van der Waals surface area contributed by atoms with E-state index in [2.05, 4.69) is 32.4 Å². The van der Waals surface area contributed by atoms with Gasteiger partial charge in [0.1, 0.15) is 5.82 Å². The molecule has 0 aliphatic rings. The van der Waals surface area contributed by atoms with Gasteiger partial charge in [-0.2, -0.15) is 0 Å². The van der Waals surface area contributed by atoms with Crippen LogP contribution in [0.1, 0.15) is 76.8 Å². The second-order valence-corrected chi connectivity index (χ2v) is 8.86. The highest BCUT2D eigenvalue weighted by Crippen LogP contribution is 2.22. The van der Waals surface area contributed by atoms with Crippen LogP contribution in [0.2, 0.25) is 0 Å². The summed E-state index contributed by atoms with van der Waals surface area (Å²) < 4.78 is 15.0. The van der Waals surface area contributed by atoms with E-state index in [1.54, 1.807) is 12.1 Å². The van der Waals surface area contributed by atoms with Crippen LogP contribution in [0, 0.1) is 5.82 Å². The zero-order chi connectivity index (χ0) is 21.7. The Bertz CT molecular complexity index is 876. The van der Waals surface area contributed by atoms with Crippen LogP contribution < -0.4 is 0 Å². The summed E-state index contributed by atoms with van der Waals surface area (Å²) in [6, 6.07) is 6.20. The fourth-order valence-corrected chi connectivity index (χ4v) is 4.14. The number of rotatable bonds is 15. The van der Waals surface area contributed by atoms with E-state index in [9.17, 15) is 4.39 Å². The second-order valence-electron chi connectivity index (χ2n) is 7.92. The van der Waals surface area contributed by atoms with Crippen LogP contribution in [0.4, 0.5) is 4.39 Å². The van der Waals surface area contributed by atoms with Crippen molar-refractivity contribution in [3.05, 3.63) is 42.0 Å². The molecule has 0 radical (unpaired) electrons. The van der Waals surface area contributed by atoms with Crippen molar-refractivity contribution in [3.63, 3.8) is 0 Å². The number of nitrogens with zero attached hydrogens (tertiary/aromatic N) is 5. The Morgan fingerprint density at radius 3 is 2.32 bits per heavy atom. The highest BCUT2D eigenvalue weighted by atomic mass is 32.2. The lowest BCUT2D eigenvalue weighted by Crippen LogP contribution is -1.98. The summed E-state index contributed by atoms with van der Waals surface area (Å²) in [5.41, 5.74) is 1.73. The zero-order valence-corrected chi connectivity index (χ0v) is 19.2. The normalized spacial score (nSPS) is 11.3. The van der Waals surface area contributed by atoms with Crippen LogP contribution in [0.25, 0.3) is 11.4 Å². The lowest BCUT2D eigenvalue weighted by atomic mass is 10.1. The predicted molar refractivity (Wildman–Crippen MR) is 123 cm³/mol. The number of halogens is 1. The first-order valence-corrected chi connectivity index (χ1v) is 12.4. The molecule has 3 rings (SSSR count). The van der Waals surface area contributed by atoms with Crippen molar-refractivity contribution in [2.24, 2.45) is 0 Å². The van der Waals surface area contributed by atoms with Gasteiger partial charge in [0.2, 0.25) is 5.16 Å². The minimum Gasteiger partial charge on any atom is -0.258 e. The molecule has 0 fully saturated rings. The molecular formula is C23H33FN6S. The molecule has 0 saturated carbocycles. The number of thioether (sulfide) groups is 1. The molecule has 0 amide bonds. The van der Waals surface area contributed by atoms with Crippen molar-refractivity contribution >= 4 is 11.8 Å². The molecule has 31 heavy (non-hydrogen) atoms. The van der Waals surface area contributed by atoms with E-state index in [-0.39, 0.29) is 5.82 Å². The third-order valence-corrected chi connectivity index (χ3v) is 6.14. The number of aryl methyl sites for hydroxylation is 1. The van der Waals surface area contributed by atoms with Crippen LogP contribution in [-0.4, -0.2) is 30.2 Å². The lowest BCUT2D eigenvalue weighted by molar-refractivity contribution is 0.507. The summed E-state index contributed by atoms with van der Waals surface area (Å²) >= 11 is 1.51. The second kappa shape index (κ2) is 13.2. The molecule has 3 aromatic rings. The molecular weight excluding hydrogens is 411 g/mol. The minimum absolute atomic E-state index is 0.265. The van der Waals surface area contributed by atoms with Gasteiger partial charge in [-0.15, -0.1) is 10.2 Å². The maximum Gasteiger partial charge on any atom is 0.209 e. The van der Waals surface area contributed by atoms with Crippen LogP contribution in [0.3, 0.4) is 0 Å². The molecule has 0 aliphatic heterocycles. The average Bonchev–Trinajstić information content (AvgIpc) is 3.44. The Morgan fingerprint density at radius 1 is 0.935 bits per heavy atom. The number of hydrogen-bond acceptors (Lipinski definition) is 5. The van der Waals surface area contributed by atoms with Gasteiger partial charge in [0.05, 0.1) is 5.69 Å². The van der Waals surface area contributed by atoms with Crippen molar-refractivity contribution in [2.75, 3.05) is 0 Å². The molecule has 1 N–H and O–H groups in total. The fourth-order valence-electron chi connectivity index (χ4n) is 3.46. The SMILES string of the molecule is CCCCCCCCCCCCn1cc(CSc2n[nH]c(-c3ccc(F)cc3)n2)nn1. The summed E-state index contributed by atoms with van der Waals surface area (Å²) in [5, 5.41) is 16.3. The van der Waals surface area contributed by atoms with Crippen molar-refractivity contribution in [3.8, 4) is 11.4 Å². The van der Waals surface area contributed by atoms with E-state index in [0.717, 1.165) is 24.2 Å². The highest BCUT2D eigenvalue weighted by molar-refractivity contribution is 7.98. The van der Waals surface area contributed by atoms with Crippen LogP contribution >= 0.6 is 11.8 Å². The summed E-state index contributed by atoms with van der Waals surface area (Å²) in [5.74, 6) is 1.03. The largest absolute Gasteiger partial charge is 0.258 e. The number of aromatic amines is 1. The third-order valence-electron chi connectivity index (χ3n) is 5.26. The Morgan fingerprint density at radius 2 is 1.61 bits per heavy atom. The summed E-state index contributed by atoms with van der Waals surface area (Å²) in [7, 11) is 0. The first kappa shape index (κ1) is 23.4. The zero-order valence-electron chi connectivity index (χ0n) is 18.4. The smallest absolute Gasteiger partial charge is 0.209 e. The Hall–Kier alpha value is -2.22. The number of unbranched alkanes of at least 4 members (excludes halogenated alkanes) is 9. The van der Waals surface area contributed by atoms with Gasteiger partial charge < -0.3 is 0 Å². The molecule has 8 heteroatoms. The van der Waals surface area contributed by atoms with E-state index in [4.69, 9.17) is 0 Å². The molecule has 6 nitrogen and oxygen atoms in total. The first-order valence-electron chi connectivity index (χ1n) is 11.4. The molecule has 0 saturated heterocycles. The fraction of sp³-hybridized carbons (Fsp3) is 0.565. The molecule has 0 bridgehead atoms. The van der Waals surface area contributed by atoms with Gasteiger partial charge in [0, 0.05) is 24.1 Å². The van der Waals surface area contributed by atoms with Gasteiger partial charge in [-0.3, -0.25) is 9.78 Å². The molecule has 1 aromatic carbocycles. The van der Waals surface area contributed by atoms with E-state index in [0.29, 0.717) is 16.7 Å². The standard InChI is InChI=1S/C23H33FN6S/c1-2-3-4-5-6-7-8-9-10-11-16-30-17-21(26-29-30)18-31-23-25-22(27-28-23)19-12-14-20(24)15-13-19/h12-15,17H,2-11,16,18H2,1H3,(H,25,27,28). The minimum atomic E-state index is -0.265. The Labute approximate surface area is 188 Å². The Balaban J connectivity index is 1.29. The van der Waals surface area contributed by atoms with E-state index < -0.39 is 0 Å². The maximum absolute atomic E-state index is 13.0. The van der Waals surface area contributed by atoms with Crippen LogP contribution in [0.5, 0.6) is 0 Å². The van der Waals surface area contributed by atoms with Gasteiger partial charge in [-0.1, -0.05) is 81.7 Å². The van der Waals surface area contributed by atoms with Gasteiger partial charge in [0.25, 0.3) is 0 Å². The summed E-state index contributed by atoms with van der Waals surface area (Å²) in [4.78, 5) is 4.46. The topological polar surface area (TPSA) is 72.3 Å². The Kier molecular flexibility index (Phi) is 10.0. The van der Waals surface area contributed by atoms with Crippen molar-refractivity contribution < 1.29 is 4.39 Å². The average molecular weight is 445 g/mol. The van der Waals surface area contributed by atoms with Gasteiger partial charge >= 0.3 is 0 Å². The highest BCUT2D eigenvalue weighted by Gasteiger charge is 2.08. The van der Waals surface area contributed by atoms with Gasteiger partial charge in [-0.25, -0.2) is 9.37 Å².